The summed E-state index contributed by atoms with van der Waals surface area (Å²) >= 11 is 0. The molecule has 0 saturated heterocycles. The van der Waals surface area contributed by atoms with Gasteiger partial charge < -0.3 is 5.73 Å². The van der Waals surface area contributed by atoms with Crippen LogP contribution in [0.15, 0.2) is 24.5 Å². The highest BCUT2D eigenvalue weighted by Crippen LogP contribution is 2.01. The number of nitrogens with zero attached hydrogens (tertiary/aromatic N) is 1. The predicted molar refractivity (Wildman–Crippen MR) is 47.7 cm³/mol. The van der Waals surface area contributed by atoms with E-state index in [0.29, 0.717) is 12.1 Å². The first-order valence-electron chi connectivity index (χ1n) is 3.63. The molecule has 0 bridgehead atoms. The minimum atomic E-state index is 0.491. The Morgan fingerprint density at radius 2 is 2.17 bits per heavy atom. The maximum Gasteiger partial charge on any atom is 0.151 e. The Hall–Kier alpha value is -1.48. The summed E-state index contributed by atoms with van der Waals surface area (Å²) in [5, 5.41) is 0. The first-order valence-corrected chi connectivity index (χ1v) is 3.63. The van der Waals surface area contributed by atoms with E-state index < -0.39 is 0 Å². The first-order chi connectivity index (χ1) is 5.86. The summed E-state index contributed by atoms with van der Waals surface area (Å²) in [5.41, 5.74) is 6.74. The quantitative estimate of drug-likeness (QED) is 0.671. The summed E-state index contributed by atoms with van der Waals surface area (Å²) < 4.78 is 0. The Morgan fingerprint density at radius 1 is 1.42 bits per heavy atom. The minimum absolute atomic E-state index is 0.491. The van der Waals surface area contributed by atoms with Gasteiger partial charge >= 0.3 is 0 Å². The van der Waals surface area contributed by atoms with Gasteiger partial charge in [-0.1, -0.05) is 12.2 Å². The number of carbonyl (C=O) groups excluding carboxylic acids is 1. The summed E-state index contributed by atoms with van der Waals surface area (Å²) in [6, 6.07) is 1.76. The van der Waals surface area contributed by atoms with Gasteiger partial charge in [0.05, 0.1) is 0 Å². The number of hydrogen-bond donors (Lipinski definition) is 1. The summed E-state index contributed by atoms with van der Waals surface area (Å²) in [4.78, 5) is 14.2. The van der Waals surface area contributed by atoms with E-state index in [4.69, 9.17) is 5.73 Å². The molecule has 3 heteroatoms. The van der Waals surface area contributed by atoms with Crippen molar-refractivity contribution in [2.75, 3.05) is 6.54 Å². The molecule has 0 aliphatic rings. The molecular formula is C9H10N2O. The van der Waals surface area contributed by atoms with Gasteiger partial charge in [0.1, 0.15) is 0 Å². The molecule has 3 nitrogen and oxygen atoms in total. The van der Waals surface area contributed by atoms with Crippen molar-refractivity contribution in [3.63, 3.8) is 0 Å². The minimum Gasteiger partial charge on any atom is -0.327 e. The third kappa shape index (κ3) is 2.29. The van der Waals surface area contributed by atoms with E-state index in [0.717, 1.165) is 11.8 Å². The van der Waals surface area contributed by atoms with E-state index in [2.05, 4.69) is 4.98 Å². The topological polar surface area (TPSA) is 56.0 Å². The van der Waals surface area contributed by atoms with Crippen LogP contribution in [0.3, 0.4) is 0 Å². The zero-order valence-electron chi connectivity index (χ0n) is 6.60. The van der Waals surface area contributed by atoms with Crippen LogP contribution in [0.2, 0.25) is 0 Å². The molecule has 1 heterocycles. The van der Waals surface area contributed by atoms with Crippen molar-refractivity contribution < 1.29 is 4.79 Å². The van der Waals surface area contributed by atoms with Crippen LogP contribution in [0.1, 0.15) is 15.9 Å². The number of aromatic nitrogens is 1. The van der Waals surface area contributed by atoms with Gasteiger partial charge in [-0.15, -0.1) is 0 Å². The van der Waals surface area contributed by atoms with Crippen molar-refractivity contribution in [1.82, 2.24) is 4.98 Å². The fourth-order valence-electron chi connectivity index (χ4n) is 0.836. The lowest BCUT2D eigenvalue weighted by molar-refractivity contribution is 0.112. The number of carbonyl (C=O) groups is 1. The maximum atomic E-state index is 10.3. The molecule has 0 unspecified atom stereocenters. The Bertz CT molecular complexity index is 294. The summed E-state index contributed by atoms with van der Waals surface area (Å²) in [6.07, 6.45) is 7.62. The Balaban J connectivity index is 2.86. The molecule has 2 N–H and O–H groups in total. The smallest absolute Gasteiger partial charge is 0.151 e. The maximum absolute atomic E-state index is 10.3. The highest BCUT2D eigenvalue weighted by Gasteiger charge is 1.90. The van der Waals surface area contributed by atoms with Gasteiger partial charge in [0.25, 0.3) is 0 Å². The number of nitrogens with two attached hydrogens (primary N) is 1. The molecule has 1 rings (SSSR count). The molecule has 0 aliphatic carbocycles. The van der Waals surface area contributed by atoms with E-state index >= 15 is 0 Å². The Morgan fingerprint density at radius 3 is 2.83 bits per heavy atom. The standard InChI is InChI=1S/C9H10N2O/c10-3-1-2-8-4-9(7-12)6-11-5-8/h1-2,4-7H,3,10H2. The Labute approximate surface area is 70.9 Å². The van der Waals surface area contributed by atoms with Gasteiger partial charge in [0.15, 0.2) is 6.29 Å². The van der Waals surface area contributed by atoms with Gasteiger partial charge in [-0.25, -0.2) is 0 Å². The molecule has 0 atom stereocenters. The average Bonchev–Trinajstić information content (AvgIpc) is 2.15. The number of hydrogen-bond acceptors (Lipinski definition) is 3. The summed E-state index contributed by atoms with van der Waals surface area (Å²) in [5.74, 6) is 0. The second kappa shape index (κ2) is 4.41. The highest BCUT2D eigenvalue weighted by molar-refractivity contribution is 5.75. The lowest BCUT2D eigenvalue weighted by atomic mass is 10.2. The fraction of sp³-hybridized carbons (Fsp3) is 0.111. The van der Waals surface area contributed by atoms with E-state index in [1.165, 1.54) is 6.20 Å². The fourth-order valence-corrected chi connectivity index (χ4v) is 0.836. The average molecular weight is 162 g/mol. The molecule has 0 spiro atoms. The van der Waals surface area contributed by atoms with Crippen LogP contribution < -0.4 is 5.73 Å². The van der Waals surface area contributed by atoms with Gasteiger partial charge in [-0.2, -0.15) is 0 Å². The van der Waals surface area contributed by atoms with Crippen LogP contribution in [0, 0.1) is 0 Å². The molecule has 0 radical (unpaired) electrons. The number of pyridine rings is 1. The number of rotatable bonds is 3. The van der Waals surface area contributed by atoms with Crippen molar-refractivity contribution in [1.29, 1.82) is 0 Å². The van der Waals surface area contributed by atoms with E-state index in [1.54, 1.807) is 12.3 Å². The van der Waals surface area contributed by atoms with Gasteiger partial charge in [0.2, 0.25) is 0 Å². The molecule has 0 amide bonds. The summed E-state index contributed by atoms with van der Waals surface area (Å²) in [7, 11) is 0. The van der Waals surface area contributed by atoms with Crippen molar-refractivity contribution in [3.05, 3.63) is 35.7 Å². The molecule has 0 aliphatic heterocycles. The molecule has 62 valence electrons. The zero-order valence-corrected chi connectivity index (χ0v) is 6.60. The largest absolute Gasteiger partial charge is 0.327 e. The van der Waals surface area contributed by atoms with Crippen LogP contribution in [0.4, 0.5) is 0 Å². The van der Waals surface area contributed by atoms with Gasteiger partial charge in [0, 0.05) is 24.5 Å². The van der Waals surface area contributed by atoms with Crippen molar-refractivity contribution >= 4 is 12.4 Å². The molecule has 0 aromatic carbocycles. The third-order valence-corrected chi connectivity index (χ3v) is 1.36. The van der Waals surface area contributed by atoms with Crippen LogP contribution >= 0.6 is 0 Å². The van der Waals surface area contributed by atoms with Crippen molar-refractivity contribution in [2.45, 2.75) is 0 Å². The summed E-state index contributed by atoms with van der Waals surface area (Å²) in [6.45, 7) is 0.491. The molecule has 1 aromatic heterocycles. The molecule has 12 heavy (non-hydrogen) atoms. The lowest BCUT2D eigenvalue weighted by Crippen LogP contribution is -1.92. The van der Waals surface area contributed by atoms with Crippen molar-refractivity contribution in [2.24, 2.45) is 5.73 Å². The molecule has 1 aromatic rings. The second-order valence-corrected chi connectivity index (χ2v) is 2.31. The SMILES string of the molecule is NCC=Cc1cncc(C=O)c1. The van der Waals surface area contributed by atoms with Crippen LogP contribution in [-0.2, 0) is 0 Å². The van der Waals surface area contributed by atoms with E-state index in [1.807, 2.05) is 12.2 Å². The van der Waals surface area contributed by atoms with Crippen LogP contribution in [0.5, 0.6) is 0 Å². The van der Waals surface area contributed by atoms with Gasteiger partial charge in [-0.3, -0.25) is 9.78 Å². The highest BCUT2D eigenvalue weighted by atomic mass is 16.1. The van der Waals surface area contributed by atoms with Crippen molar-refractivity contribution in [3.8, 4) is 0 Å². The third-order valence-electron chi connectivity index (χ3n) is 1.36. The van der Waals surface area contributed by atoms with Crippen LogP contribution in [-0.4, -0.2) is 17.8 Å². The normalized spacial score (nSPS) is 10.4. The van der Waals surface area contributed by atoms with Crippen LogP contribution in [0.25, 0.3) is 6.08 Å². The molecule has 0 saturated carbocycles. The monoisotopic (exact) mass is 162 g/mol. The lowest BCUT2D eigenvalue weighted by Gasteiger charge is -1.92. The predicted octanol–water partition coefficient (Wildman–Crippen LogP) is 0.866. The van der Waals surface area contributed by atoms with E-state index in [9.17, 15) is 4.79 Å². The molecule has 0 fully saturated rings. The second-order valence-electron chi connectivity index (χ2n) is 2.31. The molecular weight excluding hydrogens is 152 g/mol. The zero-order chi connectivity index (χ0) is 8.81. The van der Waals surface area contributed by atoms with Gasteiger partial charge in [-0.05, 0) is 11.6 Å². The Kier molecular flexibility index (Phi) is 3.17. The number of aldehydes is 1. The first kappa shape index (κ1) is 8.62. The van der Waals surface area contributed by atoms with E-state index in [-0.39, 0.29) is 0 Å².